The van der Waals surface area contributed by atoms with E-state index in [1.165, 1.54) is 19.2 Å². The minimum absolute atomic E-state index is 0.0185. The maximum absolute atomic E-state index is 13.8. The number of aromatic nitrogens is 4. The molecule has 21 nitrogen and oxygen atoms in total. The maximum atomic E-state index is 13.8. The molecule has 1 fully saturated rings. The molecule has 2 aromatic heterocycles. The van der Waals surface area contributed by atoms with Gasteiger partial charge in [-0.1, -0.05) is 5.16 Å². The van der Waals surface area contributed by atoms with Gasteiger partial charge in [0.05, 0.1) is 19.1 Å². The molecule has 3 rings (SSSR count). The first-order valence-corrected chi connectivity index (χ1v) is 18.2. The number of nitrogens with one attached hydrogen (secondary N) is 3. The third-order valence-electron chi connectivity index (χ3n) is 6.38. The minimum Gasteiger partial charge on any atom is -0.457 e. The molecule has 0 aromatic carbocycles. The van der Waals surface area contributed by atoms with Crippen LogP contribution in [0.2, 0.25) is 0 Å². The third kappa shape index (κ3) is 12.3. The molecular formula is C30H45N9O12S2. The van der Waals surface area contributed by atoms with E-state index in [-0.39, 0.29) is 27.5 Å². The van der Waals surface area contributed by atoms with E-state index < -0.39 is 87.0 Å². The Morgan fingerprint density at radius 3 is 2.09 bits per heavy atom. The molecule has 4 N–H and O–H groups in total. The Kier molecular flexibility index (Phi) is 12.5. The van der Waals surface area contributed by atoms with Crippen LogP contribution >= 0.6 is 11.3 Å². The summed E-state index contributed by atoms with van der Waals surface area (Å²) in [5.41, 5.74) is -5.04. The molecule has 2 aromatic rings. The van der Waals surface area contributed by atoms with Crippen LogP contribution in [0, 0.1) is 0 Å². The normalized spacial score (nSPS) is 17.0. The fourth-order valence-electron chi connectivity index (χ4n) is 4.20. The number of esters is 1. The summed E-state index contributed by atoms with van der Waals surface area (Å²) in [7, 11) is -5.13. The molecule has 0 bridgehead atoms. The maximum Gasteiger partial charge on any atom is 0.413 e. The van der Waals surface area contributed by atoms with E-state index in [0.717, 1.165) is 22.3 Å². The molecule has 1 aliphatic rings. The molecule has 0 unspecified atom stereocenters. The van der Waals surface area contributed by atoms with E-state index in [1.807, 2.05) is 0 Å². The highest BCUT2D eigenvalue weighted by atomic mass is 32.2. The summed E-state index contributed by atoms with van der Waals surface area (Å²) >= 11 is 0.878. The molecule has 1 aliphatic heterocycles. The number of carbonyl (C=O) groups is 5. The Morgan fingerprint density at radius 2 is 1.53 bits per heavy atom. The number of hydrogen-bond donors (Lipinski definition) is 4. The lowest BCUT2D eigenvalue weighted by Gasteiger charge is -2.44. The van der Waals surface area contributed by atoms with Crippen LogP contribution in [0.25, 0.3) is 0 Å². The van der Waals surface area contributed by atoms with Gasteiger partial charge in [0.25, 0.3) is 11.8 Å². The molecule has 0 radical (unpaired) electrons. The van der Waals surface area contributed by atoms with Crippen LogP contribution in [-0.4, -0.2) is 107 Å². The summed E-state index contributed by atoms with van der Waals surface area (Å²) in [6, 6.07) is -3.05. The zero-order valence-electron chi connectivity index (χ0n) is 31.2. The summed E-state index contributed by atoms with van der Waals surface area (Å²) < 4.78 is 51.4. The third-order valence-corrected chi connectivity index (χ3v) is 8.08. The van der Waals surface area contributed by atoms with Crippen molar-refractivity contribution in [2.45, 2.75) is 124 Å². The molecule has 0 spiro atoms. The number of rotatable bonds is 12. The monoisotopic (exact) mass is 787 g/mol. The first-order valence-electron chi connectivity index (χ1n) is 16.0. The van der Waals surface area contributed by atoms with Crippen molar-refractivity contribution in [2.75, 3.05) is 5.32 Å². The number of oxime groups is 1. The first-order chi connectivity index (χ1) is 24.1. The van der Waals surface area contributed by atoms with Crippen LogP contribution in [0.5, 0.6) is 0 Å². The predicted molar refractivity (Wildman–Crippen MR) is 187 cm³/mol. The van der Waals surface area contributed by atoms with Gasteiger partial charge in [-0.3, -0.25) is 19.5 Å². The number of carbonyl (C=O) groups excluding carboxylic acids is 5. The SMILES string of the molecule is CC(C)(C)OC(=O)NCc1ncnn1C[C@@H]1[C@H](NC(=O)C(=NOC(C)(C)C(=O)OC(C)(C)C)c2csc(NC(=O)OC(C)(C)C)n2)C(=O)N1S(=O)(=O)O. The van der Waals surface area contributed by atoms with Crippen molar-refractivity contribution in [2.24, 2.45) is 5.16 Å². The van der Waals surface area contributed by atoms with Gasteiger partial charge >= 0.3 is 28.5 Å². The van der Waals surface area contributed by atoms with Gasteiger partial charge in [-0.15, -0.1) is 11.3 Å². The number of alkyl carbamates (subject to hydrolysis) is 1. The van der Waals surface area contributed by atoms with Gasteiger partial charge in [-0.25, -0.2) is 33.3 Å². The topological polar surface area (TPSA) is 272 Å². The quantitative estimate of drug-likeness (QED) is 0.0599. The van der Waals surface area contributed by atoms with Crippen LogP contribution < -0.4 is 16.0 Å². The Labute approximate surface area is 310 Å². The molecule has 23 heteroatoms. The first kappa shape index (κ1) is 42.5. The molecule has 0 saturated carbocycles. The van der Waals surface area contributed by atoms with Crippen molar-refractivity contribution >= 4 is 62.5 Å². The van der Waals surface area contributed by atoms with E-state index in [0.29, 0.717) is 0 Å². The Bertz CT molecular complexity index is 1850. The molecule has 3 heterocycles. The van der Waals surface area contributed by atoms with Crippen molar-refractivity contribution in [3.63, 3.8) is 0 Å². The van der Waals surface area contributed by atoms with Crippen molar-refractivity contribution in [1.29, 1.82) is 0 Å². The standard InChI is InChI=1S/C30H45N9O12S2/c1-27(2,3)48-23(42)30(10,11)51-37-19(16-14-52-24(34-16)36-26(44)50-29(7,8)9)21(40)35-20-17(39(22(20)41)53(45,46)47)13-38-18(32-15-33-38)12-31-25(43)49-28(4,5)6/h14-15,17,20H,12-13H2,1-11H3,(H,31,43)(H,35,40)(H,34,36,44)(H,45,46,47)/t17-,20+/m1/s1. The second kappa shape index (κ2) is 15.6. The molecule has 1 saturated heterocycles. The number of β-lactam (4-membered cyclic amide) rings is 1. The molecule has 0 aliphatic carbocycles. The van der Waals surface area contributed by atoms with Gasteiger partial charge in [0.1, 0.15) is 40.7 Å². The van der Waals surface area contributed by atoms with Gasteiger partial charge in [-0.2, -0.15) is 13.5 Å². The van der Waals surface area contributed by atoms with Crippen LogP contribution in [0.15, 0.2) is 16.9 Å². The zero-order chi connectivity index (χ0) is 40.3. The molecule has 53 heavy (non-hydrogen) atoms. The highest BCUT2D eigenvalue weighted by Crippen LogP contribution is 2.27. The number of nitrogens with zero attached hydrogens (tertiary/aromatic N) is 6. The Morgan fingerprint density at radius 1 is 0.943 bits per heavy atom. The summed E-state index contributed by atoms with van der Waals surface area (Å²) in [6.07, 6.45) is -0.506. The lowest BCUT2D eigenvalue weighted by Crippen LogP contribution is -2.73. The van der Waals surface area contributed by atoms with E-state index in [9.17, 15) is 36.9 Å². The average molecular weight is 788 g/mol. The Balaban J connectivity index is 1.93. The summed E-state index contributed by atoms with van der Waals surface area (Å²) in [5.74, 6) is -3.05. The zero-order valence-corrected chi connectivity index (χ0v) is 32.8. The number of thiazole rings is 1. The average Bonchev–Trinajstić information content (AvgIpc) is 3.60. The highest BCUT2D eigenvalue weighted by molar-refractivity contribution is 7.84. The van der Waals surface area contributed by atoms with Crippen molar-refractivity contribution in [1.82, 2.24) is 34.7 Å². The number of ether oxygens (including phenoxy) is 3. The fourth-order valence-corrected chi connectivity index (χ4v) is 5.76. The van der Waals surface area contributed by atoms with E-state index >= 15 is 0 Å². The molecule has 4 amide bonds. The number of amides is 4. The summed E-state index contributed by atoms with van der Waals surface area (Å²) in [6.45, 7) is 16.9. The Hall–Kier alpha value is -4.90. The van der Waals surface area contributed by atoms with Crippen molar-refractivity contribution in [3.8, 4) is 0 Å². The van der Waals surface area contributed by atoms with Gasteiger partial charge in [0.2, 0.25) is 5.60 Å². The lowest BCUT2D eigenvalue weighted by atomic mass is 9.98. The van der Waals surface area contributed by atoms with Crippen LogP contribution in [0.4, 0.5) is 14.7 Å². The van der Waals surface area contributed by atoms with E-state index in [2.05, 4.69) is 36.2 Å². The fraction of sp³-hybridized carbons (Fsp3) is 0.633. The minimum atomic E-state index is -5.13. The predicted octanol–water partition coefficient (Wildman–Crippen LogP) is 2.15. The van der Waals surface area contributed by atoms with Crippen molar-refractivity contribution in [3.05, 3.63) is 23.2 Å². The van der Waals surface area contributed by atoms with E-state index in [4.69, 9.17) is 19.0 Å². The van der Waals surface area contributed by atoms with Gasteiger partial charge in [0, 0.05) is 5.38 Å². The van der Waals surface area contributed by atoms with Gasteiger partial charge < -0.3 is 29.7 Å². The smallest absolute Gasteiger partial charge is 0.413 e. The van der Waals surface area contributed by atoms with E-state index in [1.54, 1.807) is 62.3 Å². The van der Waals surface area contributed by atoms with Gasteiger partial charge in [-0.05, 0) is 76.2 Å². The molecular weight excluding hydrogens is 743 g/mol. The van der Waals surface area contributed by atoms with Crippen molar-refractivity contribution < 1.29 is 56.0 Å². The molecule has 2 atom stereocenters. The summed E-state index contributed by atoms with van der Waals surface area (Å²) in [5, 5.41) is 16.5. The van der Waals surface area contributed by atoms with Gasteiger partial charge in [0.15, 0.2) is 10.8 Å². The van der Waals surface area contributed by atoms with Crippen LogP contribution in [0.3, 0.4) is 0 Å². The highest BCUT2D eigenvalue weighted by Gasteiger charge is 2.54. The van der Waals surface area contributed by atoms with Crippen LogP contribution in [-0.2, 0) is 56.8 Å². The molecule has 294 valence electrons. The summed E-state index contributed by atoms with van der Waals surface area (Å²) in [4.78, 5) is 78.0. The lowest BCUT2D eigenvalue weighted by molar-refractivity contribution is -0.179. The van der Waals surface area contributed by atoms with Crippen LogP contribution in [0.1, 0.15) is 87.7 Å². The second-order valence-electron chi connectivity index (χ2n) is 15.1. The number of anilines is 1. The second-order valence-corrected chi connectivity index (χ2v) is 17.2. The number of hydrogen-bond acceptors (Lipinski definition) is 16. The largest absolute Gasteiger partial charge is 0.457 e.